The van der Waals surface area contributed by atoms with Gasteiger partial charge in [0.15, 0.2) is 5.82 Å². The van der Waals surface area contributed by atoms with E-state index < -0.39 is 5.60 Å². The molecule has 2 aromatic heterocycles. The number of hydrogen-bond acceptors (Lipinski definition) is 6. The number of aromatic amines is 1. The molecule has 0 bridgehead atoms. The van der Waals surface area contributed by atoms with Crippen molar-refractivity contribution in [2.75, 3.05) is 13.2 Å². The lowest BCUT2D eigenvalue weighted by molar-refractivity contribution is -0.0704. The van der Waals surface area contributed by atoms with Gasteiger partial charge in [-0.05, 0) is 44.7 Å². The molecule has 1 aliphatic carbocycles. The Labute approximate surface area is 175 Å². The summed E-state index contributed by atoms with van der Waals surface area (Å²) in [5, 5.41) is 11.0. The number of nitrogens with zero attached hydrogens (tertiary/aromatic N) is 3. The van der Waals surface area contributed by atoms with Crippen LogP contribution < -0.4 is 4.74 Å². The summed E-state index contributed by atoms with van der Waals surface area (Å²) in [7, 11) is 0. The normalized spacial score (nSPS) is 21.7. The average molecular weight is 406 g/mol. The molecule has 1 saturated carbocycles. The molecular formula is C23H26N4O3. The fourth-order valence-corrected chi connectivity index (χ4v) is 3.82. The van der Waals surface area contributed by atoms with Crippen molar-refractivity contribution in [2.45, 2.75) is 50.2 Å². The van der Waals surface area contributed by atoms with E-state index in [9.17, 15) is 5.11 Å². The Kier molecular flexibility index (Phi) is 4.79. The van der Waals surface area contributed by atoms with Crippen molar-refractivity contribution in [1.29, 1.82) is 0 Å². The van der Waals surface area contributed by atoms with Crippen molar-refractivity contribution in [2.24, 2.45) is 4.99 Å². The van der Waals surface area contributed by atoms with Gasteiger partial charge in [-0.3, -0.25) is 0 Å². The van der Waals surface area contributed by atoms with E-state index >= 15 is 0 Å². The van der Waals surface area contributed by atoms with Crippen molar-refractivity contribution in [3.8, 4) is 5.75 Å². The minimum Gasteiger partial charge on any atom is -0.491 e. The first-order valence-electron chi connectivity index (χ1n) is 10.4. The van der Waals surface area contributed by atoms with Gasteiger partial charge < -0.3 is 19.6 Å². The highest BCUT2D eigenvalue weighted by Crippen LogP contribution is 2.41. The molecule has 0 amide bonds. The third-order valence-electron chi connectivity index (χ3n) is 5.53. The van der Waals surface area contributed by atoms with Gasteiger partial charge in [0, 0.05) is 17.5 Å². The van der Waals surface area contributed by atoms with Gasteiger partial charge in [-0.1, -0.05) is 18.2 Å². The summed E-state index contributed by atoms with van der Waals surface area (Å²) in [5.41, 5.74) is 2.14. The minimum absolute atomic E-state index is 0.107. The highest BCUT2D eigenvalue weighted by Gasteiger charge is 2.32. The summed E-state index contributed by atoms with van der Waals surface area (Å²) >= 11 is 0. The minimum atomic E-state index is -0.915. The molecule has 3 heterocycles. The van der Waals surface area contributed by atoms with E-state index in [1.165, 1.54) is 18.5 Å². The van der Waals surface area contributed by atoms with Crippen LogP contribution in [0.2, 0.25) is 0 Å². The van der Waals surface area contributed by atoms with Gasteiger partial charge in [-0.25, -0.2) is 15.0 Å². The smallest absolute Gasteiger partial charge is 0.164 e. The lowest BCUT2D eigenvalue weighted by atomic mass is 9.91. The standard InChI is InChI=1S/C23H26N4O3/c1-23(2,28)12-30-20-11-29-19-6-4-3-5-15(19)17(20)10-24-21-16-9-18(14-7-8-14)27-22(16)26-13-25-21/h3-6,9-10,13-14,17,20,28H,7-8,11-12H2,1-2H3,(H,25,26,27)/t17?,20-/m0/s1. The van der Waals surface area contributed by atoms with Crippen LogP contribution in [-0.2, 0) is 4.74 Å². The molecule has 1 fully saturated rings. The van der Waals surface area contributed by atoms with Crippen LogP contribution in [0.5, 0.6) is 5.75 Å². The van der Waals surface area contributed by atoms with Crippen LogP contribution in [-0.4, -0.2) is 51.2 Å². The second-order valence-corrected chi connectivity index (χ2v) is 8.77. The Bertz CT molecular complexity index is 1080. The lowest BCUT2D eigenvalue weighted by Gasteiger charge is -2.33. The van der Waals surface area contributed by atoms with E-state index in [-0.39, 0.29) is 18.6 Å². The van der Waals surface area contributed by atoms with Gasteiger partial charge in [-0.15, -0.1) is 0 Å². The fourth-order valence-electron chi connectivity index (χ4n) is 3.82. The quantitative estimate of drug-likeness (QED) is 0.606. The topological polar surface area (TPSA) is 92.6 Å². The molecule has 7 nitrogen and oxygen atoms in total. The molecule has 1 aliphatic heterocycles. The SMILES string of the molecule is CC(C)(O)CO[C@H]1COc2ccccc2C1C=Nc1ncnc2[nH]c(C3CC3)cc12. The number of ether oxygens (including phenoxy) is 2. The number of benzene rings is 1. The summed E-state index contributed by atoms with van der Waals surface area (Å²) in [6.07, 6.45) is 5.63. The third-order valence-corrected chi connectivity index (χ3v) is 5.53. The van der Waals surface area contributed by atoms with Gasteiger partial charge in [0.05, 0.1) is 23.5 Å². The molecule has 156 valence electrons. The third kappa shape index (κ3) is 3.95. The maximum atomic E-state index is 10.1. The Morgan fingerprint density at radius 1 is 1.30 bits per heavy atom. The van der Waals surface area contributed by atoms with Crippen molar-refractivity contribution >= 4 is 23.1 Å². The molecule has 2 atom stereocenters. The number of aliphatic imine (C=N–C) groups is 1. The predicted octanol–water partition coefficient (Wildman–Crippen LogP) is 3.87. The number of rotatable bonds is 6. The number of H-pyrrole nitrogens is 1. The second-order valence-electron chi connectivity index (χ2n) is 8.77. The van der Waals surface area contributed by atoms with E-state index in [1.807, 2.05) is 30.5 Å². The Morgan fingerprint density at radius 3 is 2.93 bits per heavy atom. The number of fused-ring (bicyclic) bond motifs is 2. The van der Waals surface area contributed by atoms with E-state index in [0.717, 1.165) is 22.3 Å². The van der Waals surface area contributed by atoms with Crippen LogP contribution in [0.1, 0.15) is 49.8 Å². The number of hydrogen-bond donors (Lipinski definition) is 2. The zero-order valence-electron chi connectivity index (χ0n) is 17.2. The average Bonchev–Trinajstić information content (AvgIpc) is 3.48. The molecule has 30 heavy (non-hydrogen) atoms. The van der Waals surface area contributed by atoms with Gasteiger partial charge >= 0.3 is 0 Å². The monoisotopic (exact) mass is 406 g/mol. The van der Waals surface area contributed by atoms with Crippen LogP contribution in [0.3, 0.4) is 0 Å². The number of aliphatic hydroxyl groups is 1. The van der Waals surface area contributed by atoms with Gasteiger partial charge in [-0.2, -0.15) is 0 Å². The summed E-state index contributed by atoms with van der Waals surface area (Å²) in [5.74, 6) is 1.98. The summed E-state index contributed by atoms with van der Waals surface area (Å²) in [6, 6.07) is 10.1. The molecule has 0 spiro atoms. The summed E-state index contributed by atoms with van der Waals surface area (Å²) in [4.78, 5) is 16.9. The molecule has 1 unspecified atom stereocenters. The van der Waals surface area contributed by atoms with Crippen LogP contribution in [0.15, 0.2) is 41.7 Å². The van der Waals surface area contributed by atoms with E-state index in [1.54, 1.807) is 20.2 Å². The highest BCUT2D eigenvalue weighted by molar-refractivity contribution is 5.88. The first kappa shape index (κ1) is 19.2. The summed E-state index contributed by atoms with van der Waals surface area (Å²) in [6.45, 7) is 4.08. The van der Waals surface area contributed by atoms with Gasteiger partial charge in [0.25, 0.3) is 0 Å². The van der Waals surface area contributed by atoms with Crippen LogP contribution in [0, 0.1) is 0 Å². The molecule has 2 aliphatic rings. The second kappa shape index (κ2) is 7.49. The molecule has 7 heteroatoms. The zero-order chi connectivity index (χ0) is 20.7. The maximum absolute atomic E-state index is 10.1. The first-order chi connectivity index (χ1) is 14.5. The van der Waals surface area contributed by atoms with Crippen molar-refractivity contribution < 1.29 is 14.6 Å². The number of aromatic nitrogens is 3. The fraction of sp³-hybridized carbons (Fsp3) is 0.435. The summed E-state index contributed by atoms with van der Waals surface area (Å²) < 4.78 is 11.9. The van der Waals surface area contributed by atoms with E-state index in [0.29, 0.717) is 18.3 Å². The van der Waals surface area contributed by atoms with Crippen molar-refractivity contribution in [3.63, 3.8) is 0 Å². The van der Waals surface area contributed by atoms with E-state index in [2.05, 4.69) is 21.0 Å². The molecule has 5 rings (SSSR count). The Morgan fingerprint density at radius 2 is 2.13 bits per heavy atom. The molecule has 0 radical (unpaired) electrons. The van der Waals surface area contributed by atoms with Crippen LogP contribution in [0.4, 0.5) is 5.82 Å². The largest absolute Gasteiger partial charge is 0.491 e. The van der Waals surface area contributed by atoms with Crippen LogP contribution in [0.25, 0.3) is 11.0 Å². The van der Waals surface area contributed by atoms with E-state index in [4.69, 9.17) is 14.5 Å². The molecule has 2 N–H and O–H groups in total. The number of nitrogens with one attached hydrogen (secondary N) is 1. The predicted molar refractivity (Wildman–Crippen MR) is 115 cm³/mol. The number of para-hydroxylation sites is 1. The zero-order valence-corrected chi connectivity index (χ0v) is 17.2. The maximum Gasteiger partial charge on any atom is 0.164 e. The highest BCUT2D eigenvalue weighted by atomic mass is 16.5. The lowest BCUT2D eigenvalue weighted by Crippen LogP contribution is -2.38. The Hall–Kier alpha value is -2.77. The molecule has 1 aromatic carbocycles. The van der Waals surface area contributed by atoms with Crippen molar-refractivity contribution in [3.05, 3.63) is 47.9 Å². The Balaban J connectivity index is 1.47. The van der Waals surface area contributed by atoms with Gasteiger partial charge in [0.1, 0.15) is 30.4 Å². The first-order valence-corrected chi connectivity index (χ1v) is 10.4. The molecule has 3 aromatic rings. The van der Waals surface area contributed by atoms with Gasteiger partial charge in [0.2, 0.25) is 0 Å². The van der Waals surface area contributed by atoms with Crippen LogP contribution >= 0.6 is 0 Å². The molecular weight excluding hydrogens is 380 g/mol. The molecule has 0 saturated heterocycles. The van der Waals surface area contributed by atoms with Crippen molar-refractivity contribution in [1.82, 2.24) is 15.0 Å².